The summed E-state index contributed by atoms with van der Waals surface area (Å²) in [5.41, 5.74) is 3.26. The Bertz CT molecular complexity index is 586. The van der Waals surface area contributed by atoms with Crippen LogP contribution in [0.1, 0.15) is 16.8 Å². The molecule has 0 aliphatic rings. The van der Waals surface area contributed by atoms with Crippen LogP contribution in [-0.4, -0.2) is 24.1 Å². The van der Waals surface area contributed by atoms with E-state index in [0.29, 0.717) is 0 Å². The first-order valence-corrected chi connectivity index (χ1v) is 6.90. The van der Waals surface area contributed by atoms with Crippen LogP contribution in [0.2, 0.25) is 5.02 Å². The van der Waals surface area contributed by atoms with E-state index in [0.717, 1.165) is 40.9 Å². The molecule has 20 heavy (non-hydrogen) atoms. The summed E-state index contributed by atoms with van der Waals surface area (Å²) in [6.45, 7) is 3.51. The lowest BCUT2D eigenvalue weighted by Crippen LogP contribution is -2.20. The number of hydrogen-bond acceptors (Lipinski definition) is 4. The quantitative estimate of drug-likeness (QED) is 0.919. The van der Waals surface area contributed by atoms with E-state index in [1.807, 2.05) is 56.4 Å². The van der Waals surface area contributed by atoms with Crippen molar-refractivity contribution in [3.05, 3.63) is 52.3 Å². The van der Waals surface area contributed by atoms with Gasteiger partial charge in [-0.05, 0) is 31.7 Å². The van der Waals surface area contributed by atoms with E-state index in [9.17, 15) is 0 Å². The van der Waals surface area contributed by atoms with Gasteiger partial charge in [0, 0.05) is 42.6 Å². The van der Waals surface area contributed by atoms with Crippen molar-refractivity contribution in [1.29, 1.82) is 0 Å². The maximum absolute atomic E-state index is 6.00. The molecule has 0 saturated heterocycles. The lowest BCUT2D eigenvalue weighted by molar-refractivity contribution is 0.785. The standard InChI is InChI=1S/C15H19ClN4/c1-11-13(8-17-2)9-18-15(19-11)20(3)10-12-5-4-6-14(16)7-12/h4-7,9,17H,8,10H2,1-3H3. The van der Waals surface area contributed by atoms with Crippen LogP contribution in [0.4, 0.5) is 5.95 Å². The molecule has 0 atom stereocenters. The average Bonchev–Trinajstić information content (AvgIpc) is 2.41. The highest BCUT2D eigenvalue weighted by Gasteiger charge is 2.08. The van der Waals surface area contributed by atoms with Crippen molar-refractivity contribution in [2.75, 3.05) is 19.0 Å². The Morgan fingerprint density at radius 2 is 2.15 bits per heavy atom. The first-order chi connectivity index (χ1) is 9.60. The molecule has 0 saturated carbocycles. The number of benzene rings is 1. The Morgan fingerprint density at radius 1 is 1.35 bits per heavy atom. The molecule has 0 aliphatic heterocycles. The molecule has 1 N–H and O–H groups in total. The van der Waals surface area contributed by atoms with Gasteiger partial charge >= 0.3 is 0 Å². The fourth-order valence-electron chi connectivity index (χ4n) is 2.01. The summed E-state index contributed by atoms with van der Waals surface area (Å²) in [5, 5.41) is 3.86. The van der Waals surface area contributed by atoms with E-state index < -0.39 is 0 Å². The van der Waals surface area contributed by atoms with Crippen molar-refractivity contribution in [3.8, 4) is 0 Å². The number of nitrogens with zero attached hydrogens (tertiary/aromatic N) is 3. The molecule has 0 bridgehead atoms. The minimum Gasteiger partial charge on any atom is -0.340 e. The van der Waals surface area contributed by atoms with Crippen molar-refractivity contribution < 1.29 is 0 Å². The molecule has 0 amide bonds. The van der Waals surface area contributed by atoms with Crippen LogP contribution >= 0.6 is 11.6 Å². The molecule has 1 aromatic heterocycles. The number of anilines is 1. The second-order valence-electron chi connectivity index (χ2n) is 4.80. The predicted molar refractivity (Wildman–Crippen MR) is 83.1 cm³/mol. The van der Waals surface area contributed by atoms with Crippen molar-refractivity contribution in [3.63, 3.8) is 0 Å². The van der Waals surface area contributed by atoms with Crippen molar-refractivity contribution in [2.24, 2.45) is 0 Å². The van der Waals surface area contributed by atoms with E-state index >= 15 is 0 Å². The highest BCUT2D eigenvalue weighted by Crippen LogP contribution is 2.15. The predicted octanol–water partition coefficient (Wildman–Crippen LogP) is 2.79. The highest BCUT2D eigenvalue weighted by atomic mass is 35.5. The summed E-state index contributed by atoms with van der Waals surface area (Å²) in [7, 11) is 3.89. The number of halogens is 1. The van der Waals surface area contributed by atoms with Crippen LogP contribution in [0.25, 0.3) is 0 Å². The normalized spacial score (nSPS) is 10.6. The lowest BCUT2D eigenvalue weighted by atomic mass is 10.2. The summed E-state index contributed by atoms with van der Waals surface area (Å²) in [5.74, 6) is 0.724. The molecule has 0 unspecified atom stereocenters. The summed E-state index contributed by atoms with van der Waals surface area (Å²) in [6.07, 6.45) is 1.88. The van der Waals surface area contributed by atoms with Gasteiger partial charge in [0.15, 0.2) is 0 Å². The second kappa shape index (κ2) is 6.68. The van der Waals surface area contributed by atoms with Gasteiger partial charge in [0.2, 0.25) is 5.95 Å². The minimum atomic E-state index is 0.724. The number of aryl methyl sites for hydroxylation is 1. The van der Waals surface area contributed by atoms with Crippen molar-refractivity contribution in [2.45, 2.75) is 20.0 Å². The molecule has 1 aromatic carbocycles. The van der Waals surface area contributed by atoms with Crippen molar-refractivity contribution in [1.82, 2.24) is 15.3 Å². The van der Waals surface area contributed by atoms with Gasteiger partial charge in [0.05, 0.1) is 0 Å². The van der Waals surface area contributed by atoms with E-state index in [1.54, 1.807) is 0 Å². The third-order valence-electron chi connectivity index (χ3n) is 3.09. The molecule has 0 radical (unpaired) electrons. The first kappa shape index (κ1) is 14.8. The first-order valence-electron chi connectivity index (χ1n) is 6.53. The van der Waals surface area contributed by atoms with Gasteiger partial charge in [0.25, 0.3) is 0 Å². The molecule has 2 aromatic rings. The Morgan fingerprint density at radius 3 is 2.80 bits per heavy atom. The lowest BCUT2D eigenvalue weighted by Gasteiger charge is -2.18. The Balaban J connectivity index is 2.13. The molecule has 0 aliphatic carbocycles. The molecule has 1 heterocycles. The number of aromatic nitrogens is 2. The molecule has 0 fully saturated rings. The SMILES string of the molecule is CNCc1cnc(N(C)Cc2cccc(Cl)c2)nc1C. The summed E-state index contributed by atoms with van der Waals surface area (Å²) in [4.78, 5) is 11.0. The number of hydrogen-bond donors (Lipinski definition) is 1. The second-order valence-corrected chi connectivity index (χ2v) is 5.23. The Kier molecular flexibility index (Phi) is 4.93. The molecule has 0 spiro atoms. The topological polar surface area (TPSA) is 41.1 Å². The van der Waals surface area contributed by atoms with E-state index in [1.165, 1.54) is 0 Å². The van der Waals surface area contributed by atoms with Crippen LogP contribution in [0.15, 0.2) is 30.5 Å². The van der Waals surface area contributed by atoms with Crippen LogP contribution in [0.3, 0.4) is 0 Å². The third-order valence-corrected chi connectivity index (χ3v) is 3.32. The fraction of sp³-hybridized carbons (Fsp3) is 0.333. The minimum absolute atomic E-state index is 0.724. The van der Waals surface area contributed by atoms with Gasteiger partial charge in [-0.1, -0.05) is 23.7 Å². The molecular formula is C15H19ClN4. The van der Waals surface area contributed by atoms with Gasteiger partial charge in [-0.2, -0.15) is 0 Å². The fourth-order valence-corrected chi connectivity index (χ4v) is 2.22. The molecular weight excluding hydrogens is 272 g/mol. The van der Waals surface area contributed by atoms with Gasteiger partial charge in [-0.15, -0.1) is 0 Å². The largest absolute Gasteiger partial charge is 0.340 e. The zero-order chi connectivity index (χ0) is 14.5. The summed E-state index contributed by atoms with van der Waals surface area (Å²) >= 11 is 6.00. The van der Waals surface area contributed by atoms with Crippen LogP contribution in [0.5, 0.6) is 0 Å². The van der Waals surface area contributed by atoms with E-state index in [4.69, 9.17) is 11.6 Å². The van der Waals surface area contributed by atoms with Gasteiger partial charge < -0.3 is 10.2 Å². The molecule has 2 rings (SSSR count). The zero-order valence-electron chi connectivity index (χ0n) is 12.0. The maximum Gasteiger partial charge on any atom is 0.225 e. The van der Waals surface area contributed by atoms with E-state index in [2.05, 4.69) is 15.3 Å². The van der Waals surface area contributed by atoms with Crippen LogP contribution in [0, 0.1) is 6.92 Å². The number of rotatable bonds is 5. The average molecular weight is 291 g/mol. The Hall–Kier alpha value is -1.65. The highest BCUT2D eigenvalue weighted by molar-refractivity contribution is 6.30. The summed E-state index contributed by atoms with van der Waals surface area (Å²) < 4.78 is 0. The molecule has 5 heteroatoms. The molecule has 4 nitrogen and oxygen atoms in total. The van der Waals surface area contributed by atoms with Crippen LogP contribution < -0.4 is 10.2 Å². The third kappa shape index (κ3) is 3.68. The maximum atomic E-state index is 6.00. The summed E-state index contributed by atoms with van der Waals surface area (Å²) in [6, 6.07) is 7.83. The monoisotopic (exact) mass is 290 g/mol. The van der Waals surface area contributed by atoms with Gasteiger partial charge in [0.1, 0.15) is 0 Å². The van der Waals surface area contributed by atoms with Gasteiger partial charge in [-0.25, -0.2) is 9.97 Å². The van der Waals surface area contributed by atoms with Crippen molar-refractivity contribution >= 4 is 17.5 Å². The Labute approximate surface area is 124 Å². The van der Waals surface area contributed by atoms with E-state index in [-0.39, 0.29) is 0 Å². The number of nitrogens with one attached hydrogen (secondary N) is 1. The van der Waals surface area contributed by atoms with Gasteiger partial charge in [-0.3, -0.25) is 0 Å². The van der Waals surface area contributed by atoms with Crippen LogP contribution in [-0.2, 0) is 13.1 Å². The molecule has 106 valence electrons. The zero-order valence-corrected chi connectivity index (χ0v) is 12.8. The smallest absolute Gasteiger partial charge is 0.225 e.